The maximum absolute atomic E-state index is 4.61. The summed E-state index contributed by atoms with van der Waals surface area (Å²) >= 11 is 0. The lowest BCUT2D eigenvalue weighted by Gasteiger charge is -2.10. The number of rotatable bonds is 6. The van der Waals surface area contributed by atoms with Crippen LogP contribution in [0.1, 0.15) is 50.0 Å². The van der Waals surface area contributed by atoms with Gasteiger partial charge in [0.1, 0.15) is 0 Å². The van der Waals surface area contributed by atoms with Gasteiger partial charge >= 0.3 is 0 Å². The van der Waals surface area contributed by atoms with E-state index >= 15 is 0 Å². The number of aromatic nitrogens is 4. The second-order valence-corrected chi connectivity index (χ2v) is 5.97. The van der Waals surface area contributed by atoms with Gasteiger partial charge in [0.15, 0.2) is 0 Å². The van der Waals surface area contributed by atoms with Crippen molar-refractivity contribution in [1.29, 1.82) is 0 Å². The molecule has 0 N–H and O–H groups in total. The highest BCUT2D eigenvalue weighted by Gasteiger charge is 2.13. The van der Waals surface area contributed by atoms with Gasteiger partial charge in [-0.15, -0.1) is 0 Å². The minimum atomic E-state index is 0.642. The number of imidazole rings is 2. The Morgan fingerprint density at radius 2 is 1.80 bits per heavy atom. The van der Waals surface area contributed by atoms with Crippen molar-refractivity contribution in [3.8, 4) is 0 Å². The van der Waals surface area contributed by atoms with Gasteiger partial charge in [0.05, 0.1) is 24.0 Å². The quantitative estimate of drug-likeness (QED) is 0.809. The molecule has 4 nitrogen and oxygen atoms in total. The average molecular weight is 274 g/mol. The molecule has 2 aromatic rings. The Bertz CT molecular complexity index is 563. The fourth-order valence-electron chi connectivity index (χ4n) is 2.57. The van der Waals surface area contributed by atoms with E-state index in [0.717, 1.165) is 31.6 Å². The predicted octanol–water partition coefficient (Wildman–Crippen LogP) is 3.35. The van der Waals surface area contributed by atoms with Crippen LogP contribution < -0.4 is 0 Å². The summed E-state index contributed by atoms with van der Waals surface area (Å²) in [5.74, 6) is 0.642. The zero-order valence-corrected chi connectivity index (χ0v) is 13.3. The van der Waals surface area contributed by atoms with Crippen LogP contribution in [0.5, 0.6) is 0 Å². The van der Waals surface area contributed by atoms with Crippen molar-refractivity contribution in [1.82, 2.24) is 19.1 Å². The predicted molar refractivity (Wildman–Crippen MR) is 81.9 cm³/mol. The van der Waals surface area contributed by atoms with Crippen molar-refractivity contribution in [3.05, 3.63) is 35.4 Å². The molecule has 4 heteroatoms. The Balaban J connectivity index is 2.22. The summed E-state index contributed by atoms with van der Waals surface area (Å²) in [6, 6.07) is 0. The highest BCUT2D eigenvalue weighted by molar-refractivity contribution is 5.23. The van der Waals surface area contributed by atoms with Crippen LogP contribution in [-0.4, -0.2) is 19.1 Å². The molecule has 2 rings (SSSR count). The summed E-state index contributed by atoms with van der Waals surface area (Å²) in [5, 5.41) is 0. The molecule has 0 fully saturated rings. The normalized spacial score (nSPS) is 11.5. The lowest BCUT2D eigenvalue weighted by molar-refractivity contribution is 0.514. The van der Waals surface area contributed by atoms with Crippen molar-refractivity contribution >= 4 is 0 Å². The molecule has 0 amide bonds. The van der Waals surface area contributed by atoms with Crippen LogP contribution in [0.25, 0.3) is 0 Å². The first-order valence-electron chi connectivity index (χ1n) is 7.54. The van der Waals surface area contributed by atoms with Crippen LogP contribution in [0.15, 0.2) is 12.7 Å². The average Bonchev–Trinajstić information content (AvgIpc) is 2.89. The standard InChI is InChI=1S/C16H26N4/c1-6-7-19-10-17-13(4)16(19)8-15-14(5)20(11-18-15)9-12(2)3/h10-12H,6-9H2,1-5H3. The SMILES string of the molecule is CCCn1cnc(C)c1Cc1ncn(CC(C)C)c1C. The van der Waals surface area contributed by atoms with E-state index in [0.29, 0.717) is 5.92 Å². The van der Waals surface area contributed by atoms with Gasteiger partial charge in [-0.05, 0) is 26.2 Å². The summed E-state index contributed by atoms with van der Waals surface area (Å²) in [7, 11) is 0. The summed E-state index contributed by atoms with van der Waals surface area (Å²) in [5.41, 5.74) is 4.87. The topological polar surface area (TPSA) is 35.6 Å². The smallest absolute Gasteiger partial charge is 0.0951 e. The third-order valence-corrected chi connectivity index (χ3v) is 3.72. The third kappa shape index (κ3) is 3.11. The minimum Gasteiger partial charge on any atom is -0.334 e. The molecule has 2 heterocycles. The lowest BCUT2D eigenvalue weighted by atomic mass is 10.1. The Morgan fingerprint density at radius 1 is 1.10 bits per heavy atom. The molecule has 0 saturated carbocycles. The first-order chi connectivity index (χ1) is 9.52. The van der Waals surface area contributed by atoms with Crippen molar-refractivity contribution in [2.75, 3.05) is 0 Å². The van der Waals surface area contributed by atoms with E-state index in [1.54, 1.807) is 0 Å². The zero-order chi connectivity index (χ0) is 14.7. The zero-order valence-electron chi connectivity index (χ0n) is 13.3. The van der Waals surface area contributed by atoms with Gasteiger partial charge in [-0.3, -0.25) is 0 Å². The van der Waals surface area contributed by atoms with E-state index in [1.807, 2.05) is 12.7 Å². The number of hydrogen-bond donors (Lipinski definition) is 0. The van der Waals surface area contributed by atoms with Crippen LogP contribution in [0, 0.1) is 19.8 Å². The Labute approximate surface area is 121 Å². The number of aryl methyl sites for hydroxylation is 2. The van der Waals surface area contributed by atoms with Crippen LogP contribution in [0.4, 0.5) is 0 Å². The van der Waals surface area contributed by atoms with E-state index in [-0.39, 0.29) is 0 Å². The Kier molecular flexibility index (Phi) is 4.63. The van der Waals surface area contributed by atoms with E-state index in [9.17, 15) is 0 Å². The van der Waals surface area contributed by atoms with Crippen molar-refractivity contribution < 1.29 is 0 Å². The molecule has 0 aliphatic carbocycles. The summed E-state index contributed by atoms with van der Waals surface area (Å²) in [6.07, 6.45) is 5.93. The third-order valence-electron chi connectivity index (χ3n) is 3.72. The van der Waals surface area contributed by atoms with E-state index in [1.165, 1.54) is 17.1 Å². The molecular weight excluding hydrogens is 248 g/mol. The molecule has 0 aliphatic rings. The molecule has 0 spiro atoms. The van der Waals surface area contributed by atoms with Crippen LogP contribution in [-0.2, 0) is 19.5 Å². The second-order valence-electron chi connectivity index (χ2n) is 5.97. The molecule has 0 bridgehead atoms. The molecule has 0 aromatic carbocycles. The van der Waals surface area contributed by atoms with Gasteiger partial charge in [-0.2, -0.15) is 0 Å². The van der Waals surface area contributed by atoms with E-state index in [4.69, 9.17) is 0 Å². The molecule has 0 saturated heterocycles. The van der Waals surface area contributed by atoms with Gasteiger partial charge < -0.3 is 9.13 Å². The molecule has 0 unspecified atom stereocenters. The fraction of sp³-hybridized carbons (Fsp3) is 0.625. The summed E-state index contributed by atoms with van der Waals surface area (Å²) in [6.45, 7) is 13.0. The van der Waals surface area contributed by atoms with Gasteiger partial charge in [-0.1, -0.05) is 20.8 Å². The molecule has 0 radical (unpaired) electrons. The van der Waals surface area contributed by atoms with Crippen LogP contribution in [0.2, 0.25) is 0 Å². The Hall–Kier alpha value is -1.58. The summed E-state index contributed by atoms with van der Waals surface area (Å²) < 4.78 is 4.52. The van der Waals surface area contributed by atoms with Crippen LogP contribution >= 0.6 is 0 Å². The highest BCUT2D eigenvalue weighted by Crippen LogP contribution is 2.16. The maximum atomic E-state index is 4.61. The fourth-order valence-corrected chi connectivity index (χ4v) is 2.57. The Morgan fingerprint density at radius 3 is 2.45 bits per heavy atom. The van der Waals surface area contributed by atoms with Crippen molar-refractivity contribution in [3.63, 3.8) is 0 Å². The molecule has 0 aliphatic heterocycles. The summed E-state index contributed by atoms with van der Waals surface area (Å²) in [4.78, 5) is 9.05. The molecule has 0 atom stereocenters. The highest BCUT2D eigenvalue weighted by atomic mass is 15.1. The number of nitrogens with zero attached hydrogens (tertiary/aromatic N) is 4. The first kappa shape index (κ1) is 14.8. The maximum Gasteiger partial charge on any atom is 0.0951 e. The van der Waals surface area contributed by atoms with E-state index in [2.05, 4.69) is 53.7 Å². The second kappa shape index (κ2) is 6.25. The lowest BCUT2D eigenvalue weighted by Crippen LogP contribution is -2.07. The van der Waals surface area contributed by atoms with Crippen molar-refractivity contribution in [2.24, 2.45) is 5.92 Å². The first-order valence-corrected chi connectivity index (χ1v) is 7.54. The van der Waals surface area contributed by atoms with Crippen LogP contribution in [0.3, 0.4) is 0 Å². The largest absolute Gasteiger partial charge is 0.334 e. The minimum absolute atomic E-state index is 0.642. The van der Waals surface area contributed by atoms with Gasteiger partial charge in [0.25, 0.3) is 0 Å². The molecular formula is C16H26N4. The molecule has 2 aromatic heterocycles. The van der Waals surface area contributed by atoms with Gasteiger partial charge in [-0.25, -0.2) is 9.97 Å². The molecule has 20 heavy (non-hydrogen) atoms. The monoisotopic (exact) mass is 274 g/mol. The molecule has 110 valence electrons. The van der Waals surface area contributed by atoms with Gasteiger partial charge in [0.2, 0.25) is 0 Å². The van der Waals surface area contributed by atoms with Crippen molar-refractivity contribution in [2.45, 2.75) is 60.5 Å². The van der Waals surface area contributed by atoms with Gasteiger partial charge in [0, 0.05) is 30.9 Å². The number of hydrogen-bond acceptors (Lipinski definition) is 2. The van der Waals surface area contributed by atoms with E-state index < -0.39 is 0 Å².